The Morgan fingerprint density at radius 2 is 1.65 bits per heavy atom. The van der Waals surface area contributed by atoms with Gasteiger partial charge in [0.15, 0.2) is 15.6 Å². The van der Waals surface area contributed by atoms with Gasteiger partial charge in [0.25, 0.3) is 0 Å². The molecule has 0 amide bonds. The Labute approximate surface area is 117 Å². The summed E-state index contributed by atoms with van der Waals surface area (Å²) < 4.78 is 36.1. The fourth-order valence-corrected chi connectivity index (χ4v) is 2.44. The van der Waals surface area contributed by atoms with Crippen molar-refractivity contribution in [3.8, 4) is 0 Å². The van der Waals surface area contributed by atoms with Gasteiger partial charge in [-0.3, -0.25) is 4.79 Å². The summed E-state index contributed by atoms with van der Waals surface area (Å²) in [5.41, 5.74) is 0.686. The third kappa shape index (κ3) is 3.30. The molecule has 2 rings (SSSR count). The number of hydrogen-bond acceptors (Lipinski definition) is 3. The fraction of sp³-hybridized carbons (Fsp3) is 0.133. The molecule has 2 aromatic carbocycles. The predicted octanol–water partition coefficient (Wildman–Crippen LogP) is 2.65. The van der Waals surface area contributed by atoms with Gasteiger partial charge in [-0.05, 0) is 23.8 Å². The van der Waals surface area contributed by atoms with E-state index in [9.17, 15) is 17.6 Å². The van der Waals surface area contributed by atoms with Crippen LogP contribution in [0.5, 0.6) is 0 Å². The second kappa shape index (κ2) is 5.54. The molecule has 0 N–H and O–H groups in total. The van der Waals surface area contributed by atoms with E-state index in [1.807, 2.05) is 0 Å². The zero-order chi connectivity index (χ0) is 14.8. The van der Waals surface area contributed by atoms with Gasteiger partial charge in [-0.25, -0.2) is 12.8 Å². The average Bonchev–Trinajstić information content (AvgIpc) is 2.40. The van der Waals surface area contributed by atoms with E-state index in [0.717, 1.165) is 6.26 Å². The van der Waals surface area contributed by atoms with Crippen LogP contribution in [0, 0.1) is 5.82 Å². The van der Waals surface area contributed by atoms with Crippen LogP contribution in [0.25, 0.3) is 0 Å². The monoisotopic (exact) mass is 292 g/mol. The molecule has 0 fully saturated rings. The summed E-state index contributed by atoms with van der Waals surface area (Å²) >= 11 is 0. The molecule has 0 aliphatic rings. The van der Waals surface area contributed by atoms with Gasteiger partial charge >= 0.3 is 0 Å². The molecule has 0 bridgehead atoms. The second-order valence-electron chi connectivity index (χ2n) is 4.49. The Morgan fingerprint density at radius 1 is 1.05 bits per heavy atom. The van der Waals surface area contributed by atoms with Gasteiger partial charge in [0.1, 0.15) is 5.82 Å². The van der Waals surface area contributed by atoms with Crippen LogP contribution in [0.4, 0.5) is 4.39 Å². The zero-order valence-electron chi connectivity index (χ0n) is 10.8. The molecule has 0 radical (unpaired) electrons. The van der Waals surface area contributed by atoms with Gasteiger partial charge in [0, 0.05) is 18.2 Å². The van der Waals surface area contributed by atoms with Crippen molar-refractivity contribution in [1.82, 2.24) is 0 Å². The number of sulfone groups is 1. The number of hydrogen-bond donors (Lipinski definition) is 0. The summed E-state index contributed by atoms with van der Waals surface area (Å²) in [6, 6.07) is 11.7. The number of carbonyl (C=O) groups excluding carboxylic acids is 1. The standard InChI is InChI=1S/C15H13FO3S/c1-20(18,19)13-8-6-11(7-9-13)15(17)10-12-4-2-3-5-14(12)16/h2-9H,10H2,1H3. The lowest BCUT2D eigenvalue weighted by Crippen LogP contribution is -2.06. The van der Waals surface area contributed by atoms with Crippen molar-refractivity contribution >= 4 is 15.6 Å². The van der Waals surface area contributed by atoms with Crippen molar-refractivity contribution in [2.24, 2.45) is 0 Å². The summed E-state index contributed by atoms with van der Waals surface area (Å²) in [6.45, 7) is 0. The summed E-state index contributed by atoms with van der Waals surface area (Å²) in [6.07, 6.45) is 1.05. The van der Waals surface area contributed by atoms with Crippen molar-refractivity contribution in [3.63, 3.8) is 0 Å². The van der Waals surface area contributed by atoms with E-state index < -0.39 is 15.7 Å². The van der Waals surface area contributed by atoms with Gasteiger partial charge in [0.2, 0.25) is 0 Å². The Bertz CT molecular complexity index is 734. The first-order chi connectivity index (χ1) is 9.38. The first-order valence-corrected chi connectivity index (χ1v) is 7.84. The van der Waals surface area contributed by atoms with Crippen LogP contribution in [0.3, 0.4) is 0 Å². The van der Waals surface area contributed by atoms with E-state index in [0.29, 0.717) is 11.1 Å². The van der Waals surface area contributed by atoms with Crippen LogP contribution in [-0.4, -0.2) is 20.5 Å². The molecule has 5 heteroatoms. The maximum Gasteiger partial charge on any atom is 0.175 e. The van der Waals surface area contributed by atoms with Gasteiger partial charge < -0.3 is 0 Å². The Kier molecular flexibility index (Phi) is 3.99. The van der Waals surface area contributed by atoms with Crippen LogP contribution in [0.15, 0.2) is 53.4 Å². The lowest BCUT2D eigenvalue weighted by atomic mass is 10.0. The maximum absolute atomic E-state index is 13.5. The minimum atomic E-state index is -3.28. The SMILES string of the molecule is CS(=O)(=O)c1ccc(C(=O)Cc2ccccc2F)cc1. The number of halogens is 1. The second-order valence-corrected chi connectivity index (χ2v) is 6.50. The van der Waals surface area contributed by atoms with E-state index in [2.05, 4.69) is 0 Å². The van der Waals surface area contributed by atoms with Crippen molar-refractivity contribution in [1.29, 1.82) is 0 Å². The van der Waals surface area contributed by atoms with E-state index >= 15 is 0 Å². The molecule has 0 spiro atoms. The highest BCUT2D eigenvalue weighted by Crippen LogP contribution is 2.14. The number of rotatable bonds is 4. The average molecular weight is 292 g/mol. The molecule has 0 saturated heterocycles. The Morgan fingerprint density at radius 3 is 2.20 bits per heavy atom. The lowest BCUT2D eigenvalue weighted by molar-refractivity contribution is 0.0991. The van der Waals surface area contributed by atoms with Crippen molar-refractivity contribution in [2.75, 3.05) is 6.26 Å². The topological polar surface area (TPSA) is 51.2 Å². The highest BCUT2D eigenvalue weighted by atomic mass is 32.2. The molecule has 20 heavy (non-hydrogen) atoms. The van der Waals surface area contributed by atoms with Gasteiger partial charge in [-0.2, -0.15) is 0 Å². The normalized spacial score (nSPS) is 11.3. The molecule has 0 saturated carbocycles. The van der Waals surface area contributed by atoms with Crippen LogP contribution in [-0.2, 0) is 16.3 Å². The number of Topliss-reactive ketones (excluding diaryl/α,β-unsaturated/α-hetero) is 1. The maximum atomic E-state index is 13.5. The molecule has 0 heterocycles. The zero-order valence-corrected chi connectivity index (χ0v) is 11.7. The quantitative estimate of drug-likeness (QED) is 0.814. The molecule has 0 aliphatic carbocycles. The molecule has 3 nitrogen and oxygen atoms in total. The Balaban J connectivity index is 2.20. The highest BCUT2D eigenvalue weighted by Gasteiger charge is 2.12. The molecular weight excluding hydrogens is 279 g/mol. The first kappa shape index (κ1) is 14.4. The van der Waals surface area contributed by atoms with Crippen molar-refractivity contribution in [2.45, 2.75) is 11.3 Å². The minimum absolute atomic E-state index is 0.0507. The van der Waals surface area contributed by atoms with Gasteiger partial charge in [-0.15, -0.1) is 0 Å². The van der Waals surface area contributed by atoms with Crippen molar-refractivity contribution in [3.05, 3.63) is 65.5 Å². The molecular formula is C15H13FO3S. The number of ketones is 1. The largest absolute Gasteiger partial charge is 0.294 e. The van der Waals surface area contributed by atoms with E-state index in [-0.39, 0.29) is 17.1 Å². The van der Waals surface area contributed by atoms with Crippen molar-refractivity contribution < 1.29 is 17.6 Å². The van der Waals surface area contributed by atoms with Crippen LogP contribution < -0.4 is 0 Å². The van der Waals surface area contributed by atoms with E-state index in [1.165, 1.54) is 30.3 Å². The number of carbonyl (C=O) groups is 1. The predicted molar refractivity (Wildman–Crippen MR) is 74.0 cm³/mol. The molecule has 0 aliphatic heterocycles. The van der Waals surface area contributed by atoms with Gasteiger partial charge in [0.05, 0.1) is 4.90 Å². The molecule has 0 atom stereocenters. The molecule has 104 valence electrons. The Hall–Kier alpha value is -2.01. The summed E-state index contributed by atoms with van der Waals surface area (Å²) in [4.78, 5) is 12.2. The lowest BCUT2D eigenvalue weighted by Gasteiger charge is -2.04. The first-order valence-electron chi connectivity index (χ1n) is 5.94. The van der Waals surface area contributed by atoms with Gasteiger partial charge in [-0.1, -0.05) is 30.3 Å². The third-order valence-electron chi connectivity index (χ3n) is 2.91. The van der Waals surface area contributed by atoms with Crippen LogP contribution in [0.1, 0.15) is 15.9 Å². The van der Waals surface area contributed by atoms with E-state index in [1.54, 1.807) is 18.2 Å². The van der Waals surface area contributed by atoms with Crippen LogP contribution >= 0.6 is 0 Å². The molecule has 0 aromatic heterocycles. The smallest absolute Gasteiger partial charge is 0.175 e. The third-order valence-corrected chi connectivity index (χ3v) is 4.04. The summed E-state index contributed by atoms with van der Waals surface area (Å²) in [7, 11) is -3.28. The summed E-state index contributed by atoms with van der Waals surface area (Å²) in [5.74, 6) is -0.677. The molecule has 2 aromatic rings. The highest BCUT2D eigenvalue weighted by molar-refractivity contribution is 7.90. The number of benzene rings is 2. The summed E-state index contributed by atoms with van der Waals surface area (Å²) in [5, 5.41) is 0. The van der Waals surface area contributed by atoms with E-state index in [4.69, 9.17) is 0 Å². The van der Waals surface area contributed by atoms with Crippen LogP contribution in [0.2, 0.25) is 0 Å². The molecule has 0 unspecified atom stereocenters. The fourth-order valence-electron chi connectivity index (χ4n) is 1.80. The minimum Gasteiger partial charge on any atom is -0.294 e.